The minimum atomic E-state index is -4.37. The van der Waals surface area contributed by atoms with Crippen LogP contribution in [0.25, 0.3) is 0 Å². The molecule has 1 aliphatic rings. The summed E-state index contributed by atoms with van der Waals surface area (Å²) in [6, 6.07) is 12.4. The lowest BCUT2D eigenvalue weighted by atomic mass is 10.1. The molecule has 5 heteroatoms. The van der Waals surface area contributed by atoms with Crippen molar-refractivity contribution in [2.45, 2.75) is 12.8 Å². The van der Waals surface area contributed by atoms with Crippen LogP contribution in [0.15, 0.2) is 53.5 Å². The van der Waals surface area contributed by atoms with Gasteiger partial charge in [-0.3, -0.25) is 0 Å². The van der Waals surface area contributed by atoms with E-state index < -0.39 is 11.7 Å². The first-order valence-corrected chi connectivity index (χ1v) is 6.01. The predicted molar refractivity (Wildman–Crippen MR) is 68.9 cm³/mol. The second kappa shape index (κ2) is 4.67. The predicted octanol–water partition coefficient (Wildman–Crippen LogP) is 4.31. The van der Waals surface area contributed by atoms with Gasteiger partial charge in [-0.05, 0) is 24.3 Å². The van der Waals surface area contributed by atoms with Gasteiger partial charge in [-0.15, -0.1) is 0 Å². The molecule has 0 atom stereocenters. The Morgan fingerprint density at radius 1 is 1.00 bits per heavy atom. The molecule has 0 unspecified atom stereocenters. The third-order valence-electron chi connectivity index (χ3n) is 3.01. The third-order valence-corrected chi connectivity index (χ3v) is 3.01. The van der Waals surface area contributed by atoms with Crippen LogP contribution >= 0.6 is 0 Å². The Hall–Kier alpha value is -2.30. The fourth-order valence-electron chi connectivity index (χ4n) is 2.01. The van der Waals surface area contributed by atoms with Crippen LogP contribution < -0.4 is 0 Å². The molecule has 0 spiro atoms. The Morgan fingerprint density at radius 3 is 2.60 bits per heavy atom. The normalized spacial score (nSPS) is 14.2. The lowest BCUT2D eigenvalue weighted by Gasteiger charge is -2.17. The second-order valence-corrected chi connectivity index (χ2v) is 4.41. The molecule has 1 aliphatic heterocycles. The molecule has 0 fully saturated rings. The summed E-state index contributed by atoms with van der Waals surface area (Å²) in [5.41, 5.74) is 1.27. The van der Waals surface area contributed by atoms with E-state index in [2.05, 4.69) is 4.99 Å². The molecule has 0 aliphatic carbocycles. The SMILES string of the molecule is FC(F)(F)c1cccc(C2=Nc3ccccc3CO2)c1. The first kappa shape index (κ1) is 12.7. The summed E-state index contributed by atoms with van der Waals surface area (Å²) >= 11 is 0. The molecular formula is C15H10F3NO. The highest BCUT2D eigenvalue weighted by atomic mass is 19.4. The summed E-state index contributed by atoms with van der Waals surface area (Å²) in [7, 11) is 0. The maximum Gasteiger partial charge on any atom is 0.416 e. The van der Waals surface area contributed by atoms with E-state index in [1.807, 2.05) is 24.3 Å². The molecule has 3 rings (SSSR count). The standard InChI is InChI=1S/C15H10F3NO/c16-15(17,18)12-6-3-5-10(8-12)14-19-13-7-2-1-4-11(13)9-20-14/h1-8H,9H2. The van der Waals surface area contributed by atoms with Crippen molar-refractivity contribution in [3.63, 3.8) is 0 Å². The quantitative estimate of drug-likeness (QED) is 0.761. The molecule has 0 amide bonds. The van der Waals surface area contributed by atoms with E-state index in [-0.39, 0.29) is 5.90 Å². The van der Waals surface area contributed by atoms with E-state index in [4.69, 9.17) is 4.74 Å². The highest BCUT2D eigenvalue weighted by Crippen LogP contribution is 2.31. The monoisotopic (exact) mass is 277 g/mol. The number of hydrogen-bond acceptors (Lipinski definition) is 2. The van der Waals surface area contributed by atoms with Gasteiger partial charge in [0.15, 0.2) is 0 Å². The van der Waals surface area contributed by atoms with Gasteiger partial charge in [-0.1, -0.05) is 24.3 Å². The Bertz CT molecular complexity index is 677. The van der Waals surface area contributed by atoms with Gasteiger partial charge in [0.25, 0.3) is 0 Å². The van der Waals surface area contributed by atoms with Crippen molar-refractivity contribution >= 4 is 11.6 Å². The van der Waals surface area contributed by atoms with Gasteiger partial charge in [0.2, 0.25) is 5.90 Å². The number of benzene rings is 2. The number of rotatable bonds is 1. The lowest BCUT2D eigenvalue weighted by molar-refractivity contribution is -0.137. The van der Waals surface area contributed by atoms with E-state index in [1.54, 1.807) is 6.07 Å². The molecule has 0 bridgehead atoms. The van der Waals surface area contributed by atoms with Crippen molar-refractivity contribution in [3.8, 4) is 0 Å². The van der Waals surface area contributed by atoms with Crippen LogP contribution in [0.5, 0.6) is 0 Å². The van der Waals surface area contributed by atoms with Crippen LogP contribution in [0.1, 0.15) is 16.7 Å². The molecule has 0 N–H and O–H groups in total. The summed E-state index contributed by atoms with van der Waals surface area (Å²) in [5.74, 6) is 0.217. The Balaban J connectivity index is 2.01. The van der Waals surface area contributed by atoms with Crippen LogP contribution in [0, 0.1) is 0 Å². The smallest absolute Gasteiger partial charge is 0.416 e. The molecule has 102 valence electrons. The summed E-state index contributed by atoms with van der Waals surface area (Å²) in [6.45, 7) is 0.311. The Labute approximate surface area is 113 Å². The van der Waals surface area contributed by atoms with E-state index in [1.165, 1.54) is 6.07 Å². The van der Waals surface area contributed by atoms with E-state index in [9.17, 15) is 13.2 Å². The molecule has 2 aromatic rings. The number of para-hydroxylation sites is 1. The molecule has 1 heterocycles. The van der Waals surface area contributed by atoms with Crippen LogP contribution in [0.4, 0.5) is 18.9 Å². The molecule has 2 aromatic carbocycles. The largest absolute Gasteiger partial charge is 0.472 e. The number of halogens is 3. The van der Waals surface area contributed by atoms with Gasteiger partial charge in [-0.25, -0.2) is 4.99 Å². The average molecular weight is 277 g/mol. The zero-order chi connectivity index (χ0) is 14.2. The highest BCUT2D eigenvalue weighted by Gasteiger charge is 2.31. The van der Waals surface area contributed by atoms with Gasteiger partial charge in [0, 0.05) is 11.1 Å². The Morgan fingerprint density at radius 2 is 1.80 bits per heavy atom. The third kappa shape index (κ3) is 2.39. The average Bonchev–Trinajstić information content (AvgIpc) is 2.46. The molecule has 20 heavy (non-hydrogen) atoms. The first-order chi connectivity index (χ1) is 9.54. The Kier molecular flexibility index (Phi) is 2.97. The number of ether oxygens (including phenoxy) is 1. The molecule has 2 nitrogen and oxygen atoms in total. The lowest BCUT2D eigenvalue weighted by Crippen LogP contribution is -2.13. The number of alkyl halides is 3. The van der Waals surface area contributed by atoms with E-state index in [0.29, 0.717) is 12.2 Å². The fraction of sp³-hybridized carbons (Fsp3) is 0.133. The van der Waals surface area contributed by atoms with Crippen LogP contribution in [0.3, 0.4) is 0 Å². The zero-order valence-electron chi connectivity index (χ0n) is 10.3. The van der Waals surface area contributed by atoms with Crippen molar-refractivity contribution in [1.82, 2.24) is 0 Å². The van der Waals surface area contributed by atoms with Crippen molar-refractivity contribution < 1.29 is 17.9 Å². The van der Waals surface area contributed by atoms with Gasteiger partial charge < -0.3 is 4.74 Å². The summed E-state index contributed by atoms with van der Waals surface area (Å²) in [6.07, 6.45) is -4.37. The number of fused-ring (bicyclic) bond motifs is 1. The fourth-order valence-corrected chi connectivity index (χ4v) is 2.01. The van der Waals surface area contributed by atoms with Crippen LogP contribution in [-0.4, -0.2) is 5.90 Å². The summed E-state index contributed by atoms with van der Waals surface area (Å²) in [4.78, 5) is 4.27. The van der Waals surface area contributed by atoms with Crippen molar-refractivity contribution in [1.29, 1.82) is 0 Å². The van der Waals surface area contributed by atoms with Gasteiger partial charge in [-0.2, -0.15) is 13.2 Å². The summed E-state index contributed by atoms with van der Waals surface area (Å²) in [5, 5.41) is 0. The molecule has 0 aromatic heterocycles. The van der Waals surface area contributed by atoms with E-state index >= 15 is 0 Å². The number of aliphatic imine (C=N–C) groups is 1. The molecular weight excluding hydrogens is 267 g/mol. The maximum absolute atomic E-state index is 12.7. The van der Waals surface area contributed by atoms with Crippen molar-refractivity contribution in [2.75, 3.05) is 0 Å². The topological polar surface area (TPSA) is 21.6 Å². The summed E-state index contributed by atoms with van der Waals surface area (Å²) < 4.78 is 43.5. The first-order valence-electron chi connectivity index (χ1n) is 6.01. The van der Waals surface area contributed by atoms with Crippen molar-refractivity contribution in [2.24, 2.45) is 4.99 Å². The van der Waals surface area contributed by atoms with Crippen molar-refractivity contribution in [3.05, 3.63) is 65.2 Å². The van der Waals surface area contributed by atoms with Gasteiger partial charge in [0.05, 0.1) is 11.3 Å². The van der Waals surface area contributed by atoms with Crippen LogP contribution in [-0.2, 0) is 17.5 Å². The molecule has 0 saturated heterocycles. The zero-order valence-corrected chi connectivity index (χ0v) is 10.3. The number of hydrogen-bond donors (Lipinski definition) is 0. The maximum atomic E-state index is 12.7. The van der Waals surface area contributed by atoms with Crippen LogP contribution in [0.2, 0.25) is 0 Å². The van der Waals surface area contributed by atoms with Gasteiger partial charge in [0.1, 0.15) is 6.61 Å². The van der Waals surface area contributed by atoms with Gasteiger partial charge >= 0.3 is 6.18 Å². The highest BCUT2D eigenvalue weighted by molar-refractivity contribution is 5.97. The molecule has 0 radical (unpaired) electrons. The second-order valence-electron chi connectivity index (χ2n) is 4.41. The molecule has 0 saturated carbocycles. The minimum absolute atomic E-state index is 0.217. The number of nitrogens with zero attached hydrogens (tertiary/aromatic N) is 1. The van der Waals surface area contributed by atoms with E-state index in [0.717, 1.165) is 23.4 Å². The minimum Gasteiger partial charge on any atom is -0.472 e.